The molecule has 33 heavy (non-hydrogen) atoms. The summed E-state index contributed by atoms with van der Waals surface area (Å²) in [7, 11) is 4.46. The van der Waals surface area contributed by atoms with Gasteiger partial charge in [-0.2, -0.15) is 10.1 Å². The lowest BCUT2D eigenvalue weighted by Crippen LogP contribution is -2.37. The summed E-state index contributed by atoms with van der Waals surface area (Å²) in [5.74, 6) is 0.557. The fourth-order valence-electron chi connectivity index (χ4n) is 3.53. The van der Waals surface area contributed by atoms with Crippen LogP contribution in [0.4, 0.5) is 5.95 Å². The van der Waals surface area contributed by atoms with Gasteiger partial charge in [-0.25, -0.2) is 10.2 Å². The monoisotopic (exact) mass is 448 g/mol. The van der Waals surface area contributed by atoms with Crippen molar-refractivity contribution in [3.05, 3.63) is 80.0 Å². The number of nitrogens with one attached hydrogen (secondary N) is 1. The maximum absolute atomic E-state index is 13.0. The number of imidazole rings is 1. The van der Waals surface area contributed by atoms with Crippen LogP contribution in [0.2, 0.25) is 0 Å². The van der Waals surface area contributed by atoms with Crippen LogP contribution in [0.15, 0.2) is 57.2 Å². The summed E-state index contributed by atoms with van der Waals surface area (Å²) in [6, 6.07) is 12.9. The molecule has 0 saturated heterocycles. The Labute approximate surface area is 189 Å². The fraction of sp³-hybridized carbons (Fsp3) is 0.217. The number of hydrazone groups is 1. The standard InChI is InChI=1S/C23H24N6O4/c1-14-8-10-15(11-9-14)13-29-18-20(27(2)23(32)28(3)21(18)31)25-22(29)26-24-12-16-6-5-7-17(33-4)19(16)30/h5-12,30H,13H2,1-4H3,(H,25,26)/b24-12-. The average molecular weight is 448 g/mol. The Morgan fingerprint density at radius 1 is 1.12 bits per heavy atom. The van der Waals surface area contributed by atoms with Gasteiger partial charge in [0.2, 0.25) is 5.95 Å². The summed E-state index contributed by atoms with van der Waals surface area (Å²) < 4.78 is 9.18. The molecule has 2 aromatic carbocycles. The van der Waals surface area contributed by atoms with Crippen molar-refractivity contribution in [3.63, 3.8) is 0 Å². The first-order chi connectivity index (χ1) is 15.8. The number of rotatable bonds is 6. The Morgan fingerprint density at radius 2 is 1.85 bits per heavy atom. The van der Waals surface area contributed by atoms with Gasteiger partial charge in [-0.3, -0.25) is 18.5 Å². The number of methoxy groups -OCH3 is 1. The van der Waals surface area contributed by atoms with Crippen molar-refractivity contribution in [1.82, 2.24) is 18.7 Å². The molecule has 0 aliphatic heterocycles. The number of fused-ring (bicyclic) bond motifs is 1. The van der Waals surface area contributed by atoms with E-state index in [1.165, 1.54) is 24.9 Å². The van der Waals surface area contributed by atoms with Gasteiger partial charge in [0.1, 0.15) is 0 Å². The van der Waals surface area contributed by atoms with Gasteiger partial charge >= 0.3 is 5.69 Å². The summed E-state index contributed by atoms with van der Waals surface area (Å²) in [5, 5.41) is 14.5. The summed E-state index contributed by atoms with van der Waals surface area (Å²) in [5.41, 5.74) is 4.96. The topological polar surface area (TPSA) is 116 Å². The summed E-state index contributed by atoms with van der Waals surface area (Å²) in [6.07, 6.45) is 1.42. The zero-order valence-corrected chi connectivity index (χ0v) is 18.7. The molecule has 170 valence electrons. The minimum atomic E-state index is -0.469. The number of para-hydroxylation sites is 1. The molecule has 10 nitrogen and oxygen atoms in total. The molecule has 0 aliphatic rings. The highest BCUT2D eigenvalue weighted by Gasteiger charge is 2.19. The lowest BCUT2D eigenvalue weighted by molar-refractivity contribution is 0.373. The largest absolute Gasteiger partial charge is 0.504 e. The summed E-state index contributed by atoms with van der Waals surface area (Å²) in [6.45, 7) is 2.34. The van der Waals surface area contributed by atoms with E-state index < -0.39 is 11.2 Å². The third-order valence-corrected chi connectivity index (χ3v) is 5.43. The number of anilines is 1. The minimum Gasteiger partial charge on any atom is -0.504 e. The maximum atomic E-state index is 13.0. The van der Waals surface area contributed by atoms with Crippen molar-refractivity contribution < 1.29 is 9.84 Å². The molecule has 0 spiro atoms. The number of phenolic OH excluding ortho intramolecular Hbond substituents is 1. The molecule has 10 heteroatoms. The molecule has 0 fully saturated rings. The first-order valence-corrected chi connectivity index (χ1v) is 10.2. The molecule has 0 bridgehead atoms. The highest BCUT2D eigenvalue weighted by molar-refractivity contribution is 5.85. The van der Waals surface area contributed by atoms with Crippen LogP contribution in [-0.4, -0.2) is 37.1 Å². The van der Waals surface area contributed by atoms with E-state index in [0.29, 0.717) is 17.9 Å². The molecule has 0 saturated carbocycles. The molecule has 2 N–H and O–H groups in total. The van der Waals surface area contributed by atoms with Crippen molar-refractivity contribution in [1.29, 1.82) is 0 Å². The van der Waals surface area contributed by atoms with E-state index in [-0.39, 0.29) is 22.9 Å². The number of aromatic nitrogens is 4. The fourth-order valence-corrected chi connectivity index (χ4v) is 3.53. The predicted octanol–water partition coefficient (Wildman–Crippen LogP) is 1.95. The predicted molar refractivity (Wildman–Crippen MR) is 126 cm³/mol. The number of hydrogen-bond acceptors (Lipinski definition) is 7. The van der Waals surface area contributed by atoms with Gasteiger partial charge in [0, 0.05) is 19.7 Å². The van der Waals surface area contributed by atoms with Gasteiger partial charge in [0.05, 0.1) is 19.9 Å². The Balaban J connectivity index is 1.81. The van der Waals surface area contributed by atoms with Crippen LogP contribution >= 0.6 is 0 Å². The summed E-state index contributed by atoms with van der Waals surface area (Å²) >= 11 is 0. The van der Waals surface area contributed by atoms with Gasteiger partial charge in [-0.15, -0.1) is 0 Å². The Morgan fingerprint density at radius 3 is 2.55 bits per heavy atom. The smallest absolute Gasteiger partial charge is 0.332 e. The zero-order valence-electron chi connectivity index (χ0n) is 18.7. The average Bonchev–Trinajstić information content (AvgIpc) is 3.17. The van der Waals surface area contributed by atoms with Gasteiger partial charge < -0.3 is 9.84 Å². The van der Waals surface area contributed by atoms with Crippen LogP contribution in [0.1, 0.15) is 16.7 Å². The van der Waals surface area contributed by atoms with Gasteiger partial charge in [-0.05, 0) is 24.6 Å². The number of phenols is 1. The number of benzene rings is 2. The third-order valence-electron chi connectivity index (χ3n) is 5.43. The Hall–Kier alpha value is -4.34. The molecule has 0 unspecified atom stereocenters. The Kier molecular flexibility index (Phi) is 5.74. The molecule has 4 rings (SSSR count). The van der Waals surface area contributed by atoms with Gasteiger partial charge in [0.25, 0.3) is 5.56 Å². The minimum absolute atomic E-state index is 0.0463. The Bertz CT molecular complexity index is 1480. The van der Waals surface area contributed by atoms with E-state index in [4.69, 9.17) is 4.74 Å². The molecule has 2 heterocycles. The highest BCUT2D eigenvalue weighted by atomic mass is 16.5. The molecule has 4 aromatic rings. The molecule has 0 atom stereocenters. The second-order valence-corrected chi connectivity index (χ2v) is 7.65. The van der Waals surface area contributed by atoms with Crippen molar-refractivity contribution in [3.8, 4) is 11.5 Å². The number of aromatic hydroxyl groups is 1. The van der Waals surface area contributed by atoms with E-state index in [2.05, 4.69) is 15.5 Å². The number of nitrogens with zero attached hydrogens (tertiary/aromatic N) is 5. The van der Waals surface area contributed by atoms with Gasteiger partial charge in [-0.1, -0.05) is 35.9 Å². The van der Waals surface area contributed by atoms with Crippen LogP contribution in [0.25, 0.3) is 11.2 Å². The molecule has 0 amide bonds. The van der Waals surface area contributed by atoms with Crippen LogP contribution in [0.5, 0.6) is 11.5 Å². The quantitative estimate of drug-likeness (QED) is 0.344. The SMILES string of the molecule is COc1cccc(/C=N\Nc2nc3c(c(=O)n(C)c(=O)n3C)n2Cc2ccc(C)cc2)c1O. The second kappa shape index (κ2) is 8.65. The van der Waals surface area contributed by atoms with E-state index in [1.54, 1.807) is 29.8 Å². The van der Waals surface area contributed by atoms with E-state index in [0.717, 1.165) is 15.7 Å². The molecule has 0 aliphatic carbocycles. The van der Waals surface area contributed by atoms with Crippen molar-refractivity contribution >= 4 is 23.3 Å². The third kappa shape index (κ3) is 3.98. The molecular formula is C23H24N6O4. The van der Waals surface area contributed by atoms with E-state index in [9.17, 15) is 14.7 Å². The van der Waals surface area contributed by atoms with Crippen LogP contribution in [0.3, 0.4) is 0 Å². The molecule has 0 radical (unpaired) electrons. The van der Waals surface area contributed by atoms with E-state index in [1.807, 2.05) is 31.2 Å². The normalized spacial score (nSPS) is 11.4. The first-order valence-electron chi connectivity index (χ1n) is 10.2. The van der Waals surface area contributed by atoms with E-state index >= 15 is 0 Å². The van der Waals surface area contributed by atoms with Gasteiger partial charge in [0.15, 0.2) is 22.7 Å². The first kappa shape index (κ1) is 21.9. The maximum Gasteiger partial charge on any atom is 0.332 e. The lowest BCUT2D eigenvalue weighted by Gasteiger charge is -2.10. The van der Waals surface area contributed by atoms with Crippen LogP contribution in [0, 0.1) is 6.92 Å². The highest BCUT2D eigenvalue weighted by Crippen LogP contribution is 2.28. The van der Waals surface area contributed by atoms with Crippen LogP contribution < -0.4 is 21.4 Å². The van der Waals surface area contributed by atoms with Crippen molar-refractivity contribution in [2.75, 3.05) is 12.5 Å². The second-order valence-electron chi connectivity index (χ2n) is 7.65. The molecular weight excluding hydrogens is 424 g/mol. The number of aryl methyl sites for hydroxylation is 2. The summed E-state index contributed by atoms with van der Waals surface area (Å²) in [4.78, 5) is 29.8. The zero-order chi connectivity index (χ0) is 23.7. The number of ether oxygens (including phenoxy) is 1. The van der Waals surface area contributed by atoms with Crippen LogP contribution in [-0.2, 0) is 20.6 Å². The van der Waals surface area contributed by atoms with Crippen molar-refractivity contribution in [2.24, 2.45) is 19.2 Å². The van der Waals surface area contributed by atoms with Crippen molar-refractivity contribution in [2.45, 2.75) is 13.5 Å². The molecule has 2 aromatic heterocycles. The number of hydrogen-bond donors (Lipinski definition) is 2. The lowest BCUT2D eigenvalue weighted by atomic mass is 10.1.